The van der Waals surface area contributed by atoms with Gasteiger partial charge < -0.3 is 14.2 Å². The number of nitrogens with one attached hydrogen (secondary N) is 2. The summed E-state index contributed by atoms with van der Waals surface area (Å²) in [4.78, 5) is 48.8. The van der Waals surface area contributed by atoms with Crippen molar-refractivity contribution in [3.63, 3.8) is 0 Å². The number of amides is 4. The van der Waals surface area contributed by atoms with Crippen LogP contribution in [0.2, 0.25) is 5.02 Å². The van der Waals surface area contributed by atoms with Crippen LogP contribution in [0.5, 0.6) is 0 Å². The molecule has 0 radical (unpaired) electrons. The maximum atomic E-state index is 13.3. The molecule has 0 aliphatic carbocycles. The topological polar surface area (TPSA) is 140 Å². The van der Waals surface area contributed by atoms with Gasteiger partial charge in [0.1, 0.15) is 16.4 Å². The zero-order chi connectivity index (χ0) is 23.8. The van der Waals surface area contributed by atoms with E-state index in [4.69, 9.17) is 20.9 Å². The molecule has 0 bridgehead atoms. The number of ether oxygens (including phenoxy) is 1. The van der Waals surface area contributed by atoms with Crippen molar-refractivity contribution in [2.75, 3.05) is 11.4 Å². The third-order valence-electron chi connectivity index (χ3n) is 6.77. The fourth-order valence-corrected chi connectivity index (χ4v) is 5.92. The number of rotatable bonds is 1. The van der Waals surface area contributed by atoms with Crippen molar-refractivity contribution >= 4 is 46.1 Å². The van der Waals surface area contributed by atoms with E-state index in [9.17, 15) is 14.4 Å². The number of carbonyl (C=O) groups is 3. The Morgan fingerprint density at radius 3 is 2.65 bits per heavy atom. The Balaban J connectivity index is 1.61. The lowest BCUT2D eigenvalue weighted by Gasteiger charge is -2.55. The molecular formula is C22H19ClN6O5. The fourth-order valence-electron chi connectivity index (χ4n) is 5.55. The first kappa shape index (κ1) is 21.0. The largest absolute Gasteiger partial charge is 0.372 e. The standard InChI is InChI=1S/C22H19ClN6O5/c1-9-8-29-16-11(5-12-15(13-7-24-3-4-25-13)28-34-17(12)14(16)23)6-22(18(29)10(2)33-9)19(30)26-21(32)27-20(22)31/h3-5,7,9-10,18H,6,8H2,1-2H3,(H2,26,27,30,31,32). The van der Waals surface area contributed by atoms with E-state index in [-0.39, 0.29) is 12.5 Å². The van der Waals surface area contributed by atoms with Gasteiger partial charge in [-0.2, -0.15) is 0 Å². The van der Waals surface area contributed by atoms with Crippen LogP contribution >= 0.6 is 11.6 Å². The number of benzene rings is 1. The molecular weight excluding hydrogens is 464 g/mol. The summed E-state index contributed by atoms with van der Waals surface area (Å²) in [6, 6.07) is 0.284. The molecule has 3 aromatic rings. The third-order valence-corrected chi connectivity index (χ3v) is 7.12. The molecule has 12 heteroatoms. The van der Waals surface area contributed by atoms with Crippen LogP contribution in [0.25, 0.3) is 22.4 Å². The summed E-state index contributed by atoms with van der Waals surface area (Å²) in [5, 5.41) is 9.62. The van der Waals surface area contributed by atoms with Crippen molar-refractivity contribution in [3.8, 4) is 11.4 Å². The Morgan fingerprint density at radius 2 is 1.94 bits per heavy atom. The molecule has 3 atom stereocenters. The molecule has 3 aliphatic heterocycles. The summed E-state index contributed by atoms with van der Waals surface area (Å²) in [5.74, 6) is -1.33. The molecule has 2 saturated heterocycles. The van der Waals surface area contributed by atoms with Crippen LogP contribution in [-0.4, -0.2) is 57.8 Å². The third kappa shape index (κ3) is 2.74. The van der Waals surface area contributed by atoms with E-state index in [0.717, 1.165) is 0 Å². The minimum atomic E-state index is -1.60. The number of imide groups is 2. The first-order chi connectivity index (χ1) is 16.3. The van der Waals surface area contributed by atoms with Crippen molar-refractivity contribution in [2.24, 2.45) is 5.41 Å². The number of fused-ring (bicyclic) bond motifs is 5. The number of nitrogens with zero attached hydrogens (tertiary/aromatic N) is 4. The Labute approximate surface area is 197 Å². The average molecular weight is 483 g/mol. The number of barbiturate groups is 1. The monoisotopic (exact) mass is 482 g/mol. The zero-order valence-electron chi connectivity index (χ0n) is 18.2. The molecule has 1 aromatic carbocycles. The van der Waals surface area contributed by atoms with E-state index < -0.39 is 35.4 Å². The minimum Gasteiger partial charge on any atom is -0.372 e. The van der Waals surface area contributed by atoms with Gasteiger partial charge in [-0.15, -0.1) is 0 Å². The molecule has 2 N–H and O–H groups in total. The minimum absolute atomic E-state index is 0.0112. The van der Waals surface area contributed by atoms with Crippen LogP contribution in [0.1, 0.15) is 19.4 Å². The van der Waals surface area contributed by atoms with Gasteiger partial charge in [0.15, 0.2) is 11.0 Å². The number of anilines is 1. The maximum Gasteiger partial charge on any atom is 0.328 e. The van der Waals surface area contributed by atoms with Gasteiger partial charge in [-0.25, -0.2) is 4.79 Å². The Hall–Kier alpha value is -3.57. The van der Waals surface area contributed by atoms with Crippen LogP contribution in [0.4, 0.5) is 10.5 Å². The van der Waals surface area contributed by atoms with Gasteiger partial charge in [0.2, 0.25) is 11.8 Å². The van der Waals surface area contributed by atoms with Crippen LogP contribution < -0.4 is 15.5 Å². The van der Waals surface area contributed by atoms with Gasteiger partial charge >= 0.3 is 6.03 Å². The molecule has 5 heterocycles. The van der Waals surface area contributed by atoms with E-state index in [1.807, 2.05) is 24.8 Å². The van der Waals surface area contributed by atoms with Gasteiger partial charge in [0, 0.05) is 18.9 Å². The SMILES string of the molecule is CC1CN2c3c(cc4c(-c5cnccn5)noc4c3Cl)CC3(C(=O)NC(=O)NC3=O)C2C(C)O1. The van der Waals surface area contributed by atoms with E-state index in [0.29, 0.717) is 45.2 Å². The molecule has 2 aromatic heterocycles. The number of carbonyl (C=O) groups excluding carboxylic acids is 3. The molecule has 2 fully saturated rings. The number of urea groups is 1. The predicted molar refractivity (Wildman–Crippen MR) is 119 cm³/mol. The molecule has 174 valence electrons. The second kappa shape index (κ2) is 7.21. The van der Waals surface area contributed by atoms with Crippen molar-refractivity contribution in [2.45, 2.75) is 38.5 Å². The molecule has 11 nitrogen and oxygen atoms in total. The van der Waals surface area contributed by atoms with E-state index in [1.54, 1.807) is 18.6 Å². The summed E-state index contributed by atoms with van der Waals surface area (Å²) < 4.78 is 11.6. The summed E-state index contributed by atoms with van der Waals surface area (Å²) >= 11 is 6.89. The maximum absolute atomic E-state index is 13.3. The lowest BCUT2D eigenvalue weighted by molar-refractivity contribution is -0.153. The smallest absolute Gasteiger partial charge is 0.328 e. The lowest BCUT2D eigenvalue weighted by atomic mass is 9.66. The Bertz CT molecular complexity index is 1360. The van der Waals surface area contributed by atoms with Crippen LogP contribution in [0, 0.1) is 5.41 Å². The summed E-state index contributed by atoms with van der Waals surface area (Å²) in [6.07, 6.45) is 3.96. The normalized spacial score (nSPS) is 25.7. The van der Waals surface area contributed by atoms with E-state index in [2.05, 4.69) is 25.8 Å². The summed E-state index contributed by atoms with van der Waals surface area (Å²) in [5.41, 5.74) is 1.03. The van der Waals surface area contributed by atoms with Crippen LogP contribution in [0.3, 0.4) is 0 Å². The van der Waals surface area contributed by atoms with Crippen molar-refractivity contribution in [1.82, 2.24) is 25.8 Å². The van der Waals surface area contributed by atoms with Crippen molar-refractivity contribution in [1.29, 1.82) is 0 Å². The molecule has 34 heavy (non-hydrogen) atoms. The van der Waals surface area contributed by atoms with E-state index in [1.165, 1.54) is 0 Å². The summed E-state index contributed by atoms with van der Waals surface area (Å²) in [7, 11) is 0. The van der Waals surface area contributed by atoms with Gasteiger partial charge in [-0.3, -0.25) is 30.2 Å². The fraction of sp³-hybridized carbons (Fsp3) is 0.364. The van der Waals surface area contributed by atoms with Crippen molar-refractivity contribution < 1.29 is 23.6 Å². The quantitative estimate of drug-likeness (QED) is 0.497. The van der Waals surface area contributed by atoms with Gasteiger partial charge in [-0.05, 0) is 31.9 Å². The molecule has 3 unspecified atom stereocenters. The highest BCUT2D eigenvalue weighted by atomic mass is 35.5. The van der Waals surface area contributed by atoms with Gasteiger partial charge in [-0.1, -0.05) is 16.8 Å². The number of hydrogen-bond donors (Lipinski definition) is 2. The Morgan fingerprint density at radius 1 is 1.18 bits per heavy atom. The van der Waals surface area contributed by atoms with Gasteiger partial charge in [0.25, 0.3) is 0 Å². The molecule has 6 rings (SSSR count). The number of halogens is 1. The second-order valence-corrected chi connectivity index (χ2v) is 9.21. The lowest BCUT2D eigenvalue weighted by Crippen LogP contribution is -2.75. The number of hydrogen-bond acceptors (Lipinski definition) is 9. The number of aromatic nitrogens is 3. The Kier molecular flexibility index (Phi) is 4.45. The first-order valence-corrected chi connectivity index (χ1v) is 11.1. The highest BCUT2D eigenvalue weighted by Gasteiger charge is 2.63. The van der Waals surface area contributed by atoms with Gasteiger partial charge in [0.05, 0.1) is 35.5 Å². The highest BCUT2D eigenvalue weighted by molar-refractivity contribution is 6.38. The summed E-state index contributed by atoms with van der Waals surface area (Å²) in [6.45, 7) is 4.10. The van der Waals surface area contributed by atoms with Crippen LogP contribution in [0.15, 0.2) is 29.2 Å². The highest BCUT2D eigenvalue weighted by Crippen LogP contribution is 2.51. The number of morpholine rings is 1. The molecule has 0 saturated carbocycles. The second-order valence-electron chi connectivity index (χ2n) is 8.83. The van der Waals surface area contributed by atoms with E-state index >= 15 is 0 Å². The molecule has 1 spiro atoms. The molecule has 3 aliphatic rings. The zero-order valence-corrected chi connectivity index (χ0v) is 18.9. The predicted octanol–water partition coefficient (Wildman–Crippen LogP) is 1.83. The van der Waals surface area contributed by atoms with Crippen LogP contribution in [-0.2, 0) is 20.7 Å². The first-order valence-electron chi connectivity index (χ1n) is 10.8. The van der Waals surface area contributed by atoms with Crippen molar-refractivity contribution in [3.05, 3.63) is 35.2 Å². The molecule has 4 amide bonds. The average Bonchev–Trinajstić information content (AvgIpc) is 3.21.